The van der Waals surface area contributed by atoms with E-state index in [0.717, 1.165) is 6.20 Å². The highest BCUT2D eigenvalue weighted by molar-refractivity contribution is 5.83. The van der Waals surface area contributed by atoms with E-state index in [1.807, 2.05) is 0 Å². The first kappa shape index (κ1) is 7.47. The molecule has 0 aliphatic heterocycles. The van der Waals surface area contributed by atoms with Crippen LogP contribution in [-0.4, -0.2) is 30.8 Å². The Kier molecular flexibility index (Phi) is 1.55. The van der Waals surface area contributed by atoms with Crippen molar-refractivity contribution in [3.8, 4) is 6.01 Å². The van der Waals surface area contributed by atoms with Crippen LogP contribution in [0.25, 0.3) is 6.01 Å². The second kappa shape index (κ2) is 2.70. The molecule has 7 nitrogen and oxygen atoms in total. The van der Waals surface area contributed by atoms with Crippen LogP contribution < -0.4 is 0 Å². The van der Waals surface area contributed by atoms with Gasteiger partial charge < -0.3 is 9.52 Å². The number of oxazole rings is 1. The lowest BCUT2D eigenvalue weighted by atomic mass is 10.5. The van der Waals surface area contributed by atoms with Crippen LogP contribution in [0.5, 0.6) is 0 Å². The molecule has 7 heteroatoms. The van der Waals surface area contributed by atoms with Crippen LogP contribution in [-0.2, 0) is 0 Å². The van der Waals surface area contributed by atoms with Crippen molar-refractivity contribution in [1.82, 2.24) is 19.7 Å². The molecular formula is C6H4N4O3. The molecule has 1 N–H and O–H groups in total. The molecular weight excluding hydrogens is 176 g/mol. The van der Waals surface area contributed by atoms with Crippen LogP contribution >= 0.6 is 0 Å². The molecule has 0 bridgehead atoms. The molecule has 0 saturated carbocycles. The first-order valence-electron chi connectivity index (χ1n) is 3.31. The van der Waals surface area contributed by atoms with Crippen LogP contribution in [0.15, 0.2) is 23.3 Å². The molecule has 2 rings (SSSR count). The monoisotopic (exact) mass is 180 g/mol. The summed E-state index contributed by atoms with van der Waals surface area (Å²) in [5, 5.41) is 15.6. The second-order valence-corrected chi connectivity index (χ2v) is 2.18. The van der Waals surface area contributed by atoms with Crippen LogP contribution in [0.1, 0.15) is 10.6 Å². The summed E-state index contributed by atoms with van der Waals surface area (Å²) in [7, 11) is 0. The molecule has 13 heavy (non-hydrogen) atoms. The summed E-state index contributed by atoms with van der Waals surface area (Å²) in [5.41, 5.74) is 0. The smallest absolute Gasteiger partial charge is 0.373 e. The topological polar surface area (TPSA) is 94.0 Å². The van der Waals surface area contributed by atoms with E-state index in [0.29, 0.717) is 0 Å². The van der Waals surface area contributed by atoms with Crippen LogP contribution in [0.2, 0.25) is 0 Å². The van der Waals surface area contributed by atoms with Gasteiger partial charge in [0, 0.05) is 0 Å². The summed E-state index contributed by atoms with van der Waals surface area (Å²) in [6.07, 6.45) is 3.84. The average molecular weight is 180 g/mol. The van der Waals surface area contributed by atoms with Crippen molar-refractivity contribution in [2.45, 2.75) is 0 Å². The van der Waals surface area contributed by atoms with E-state index in [4.69, 9.17) is 9.52 Å². The molecule has 0 atom stereocenters. The maximum Gasteiger partial charge on any atom is 0.373 e. The van der Waals surface area contributed by atoms with E-state index in [1.54, 1.807) is 0 Å². The highest BCUT2D eigenvalue weighted by Gasteiger charge is 2.11. The Morgan fingerprint density at radius 3 is 2.69 bits per heavy atom. The van der Waals surface area contributed by atoms with E-state index in [9.17, 15) is 4.79 Å². The normalized spacial score (nSPS) is 10.2. The summed E-state index contributed by atoms with van der Waals surface area (Å²) in [5.74, 6) is -1.38. The maximum atomic E-state index is 10.4. The van der Waals surface area contributed by atoms with Gasteiger partial charge in [-0.2, -0.15) is 0 Å². The van der Waals surface area contributed by atoms with Crippen molar-refractivity contribution in [3.05, 3.63) is 24.6 Å². The minimum atomic E-state index is -1.16. The highest BCUT2D eigenvalue weighted by Crippen LogP contribution is 2.07. The zero-order valence-corrected chi connectivity index (χ0v) is 6.28. The lowest BCUT2D eigenvalue weighted by Gasteiger charge is -1.89. The molecule has 2 aromatic heterocycles. The number of carboxylic acids is 1. The lowest BCUT2D eigenvalue weighted by Crippen LogP contribution is -1.92. The van der Waals surface area contributed by atoms with Gasteiger partial charge in [0.15, 0.2) is 0 Å². The Balaban J connectivity index is 2.39. The Bertz CT molecular complexity index is 419. The largest absolute Gasteiger partial charge is 0.475 e. The first-order chi connectivity index (χ1) is 6.27. The molecule has 0 aliphatic carbocycles. The quantitative estimate of drug-likeness (QED) is 0.696. The predicted octanol–water partition coefficient (Wildman–Crippen LogP) is -0.0465. The Morgan fingerprint density at radius 1 is 1.46 bits per heavy atom. The Hall–Kier alpha value is -2.18. The minimum Gasteiger partial charge on any atom is -0.475 e. The van der Waals surface area contributed by atoms with Crippen molar-refractivity contribution in [2.24, 2.45) is 0 Å². The average Bonchev–Trinajstić information content (AvgIpc) is 2.75. The van der Waals surface area contributed by atoms with Gasteiger partial charge in [0.1, 0.15) is 12.7 Å². The number of hydrogen-bond acceptors (Lipinski definition) is 5. The third kappa shape index (κ3) is 1.26. The Morgan fingerprint density at radius 2 is 2.15 bits per heavy atom. The number of nitrogens with zero attached hydrogens (tertiary/aromatic N) is 4. The van der Waals surface area contributed by atoms with Crippen molar-refractivity contribution in [1.29, 1.82) is 0 Å². The highest BCUT2D eigenvalue weighted by atomic mass is 16.4. The molecule has 2 heterocycles. The summed E-state index contributed by atoms with van der Waals surface area (Å²) in [6, 6.07) is 0.127. The minimum absolute atomic E-state index is 0.127. The summed E-state index contributed by atoms with van der Waals surface area (Å²) in [6.45, 7) is 0. The molecule has 66 valence electrons. The fourth-order valence-corrected chi connectivity index (χ4v) is 0.783. The number of aromatic carboxylic acids is 1. The Labute approximate surface area is 71.7 Å². The van der Waals surface area contributed by atoms with Crippen LogP contribution in [0.3, 0.4) is 0 Å². The summed E-state index contributed by atoms with van der Waals surface area (Å²) >= 11 is 0. The third-order valence-corrected chi connectivity index (χ3v) is 1.34. The van der Waals surface area contributed by atoms with Crippen molar-refractivity contribution in [2.75, 3.05) is 0 Å². The van der Waals surface area contributed by atoms with Gasteiger partial charge in [-0.1, -0.05) is 0 Å². The lowest BCUT2D eigenvalue weighted by molar-refractivity contribution is 0.0662. The number of rotatable bonds is 2. The maximum absolute atomic E-state index is 10.4. The number of aromatic nitrogens is 4. The standard InChI is InChI=1S/C6H4N4O3/c11-5(12)4-1-7-6(13-4)10-2-8-9-3-10/h1-3H,(H,11,12). The SMILES string of the molecule is O=C(O)c1cnc(-n2cnnc2)o1. The molecule has 2 aromatic rings. The van der Waals surface area contributed by atoms with Crippen molar-refractivity contribution < 1.29 is 14.3 Å². The fraction of sp³-hybridized carbons (Fsp3) is 0. The second-order valence-electron chi connectivity index (χ2n) is 2.18. The van der Waals surface area contributed by atoms with Gasteiger partial charge >= 0.3 is 12.0 Å². The van der Waals surface area contributed by atoms with Gasteiger partial charge in [-0.15, -0.1) is 10.2 Å². The molecule has 0 radical (unpaired) electrons. The zero-order chi connectivity index (χ0) is 9.26. The van der Waals surface area contributed by atoms with Crippen molar-refractivity contribution >= 4 is 5.97 Å². The molecule has 0 aliphatic rings. The van der Waals surface area contributed by atoms with Crippen LogP contribution in [0, 0.1) is 0 Å². The van der Waals surface area contributed by atoms with E-state index in [-0.39, 0.29) is 11.8 Å². The van der Waals surface area contributed by atoms with E-state index in [2.05, 4.69) is 15.2 Å². The summed E-state index contributed by atoms with van der Waals surface area (Å²) in [4.78, 5) is 14.1. The molecule has 0 aromatic carbocycles. The molecule has 0 spiro atoms. The van der Waals surface area contributed by atoms with E-state index >= 15 is 0 Å². The third-order valence-electron chi connectivity index (χ3n) is 1.34. The first-order valence-corrected chi connectivity index (χ1v) is 3.31. The zero-order valence-electron chi connectivity index (χ0n) is 6.28. The van der Waals surface area contributed by atoms with Gasteiger partial charge in [-0.05, 0) is 0 Å². The molecule has 0 unspecified atom stereocenters. The van der Waals surface area contributed by atoms with Gasteiger partial charge in [0.2, 0.25) is 5.76 Å². The van der Waals surface area contributed by atoms with E-state index in [1.165, 1.54) is 17.2 Å². The van der Waals surface area contributed by atoms with Crippen molar-refractivity contribution in [3.63, 3.8) is 0 Å². The molecule has 0 fully saturated rings. The van der Waals surface area contributed by atoms with Gasteiger partial charge in [0.25, 0.3) is 0 Å². The van der Waals surface area contributed by atoms with Gasteiger partial charge in [-0.25, -0.2) is 14.3 Å². The number of carboxylic acid groups (broad SMARTS) is 1. The van der Waals surface area contributed by atoms with Gasteiger partial charge in [0.05, 0.1) is 6.20 Å². The number of hydrogen-bond donors (Lipinski definition) is 1. The van der Waals surface area contributed by atoms with E-state index < -0.39 is 5.97 Å². The predicted molar refractivity (Wildman–Crippen MR) is 38.4 cm³/mol. The van der Waals surface area contributed by atoms with Gasteiger partial charge in [-0.3, -0.25) is 0 Å². The summed E-state index contributed by atoms with van der Waals surface area (Å²) < 4.78 is 6.23. The molecule has 0 saturated heterocycles. The molecule has 0 amide bonds. The number of carbonyl (C=O) groups is 1. The fourth-order valence-electron chi connectivity index (χ4n) is 0.783. The van der Waals surface area contributed by atoms with Crippen LogP contribution in [0.4, 0.5) is 0 Å².